The van der Waals surface area contributed by atoms with Crippen molar-refractivity contribution in [3.63, 3.8) is 0 Å². The SMILES string of the molecule is NC(=O)CCN1CCN(c2nc(-c3cc(F)c(F)cc3F)nc3c2CS(=O)(=O)C3)CC1. The third-order valence-corrected chi connectivity index (χ3v) is 6.83. The summed E-state index contributed by atoms with van der Waals surface area (Å²) in [4.78, 5) is 23.4. The van der Waals surface area contributed by atoms with E-state index in [2.05, 4.69) is 14.9 Å². The van der Waals surface area contributed by atoms with Crippen LogP contribution in [0.3, 0.4) is 0 Å². The van der Waals surface area contributed by atoms with E-state index in [1.54, 1.807) is 0 Å². The van der Waals surface area contributed by atoms with Crippen LogP contribution in [0.2, 0.25) is 0 Å². The summed E-state index contributed by atoms with van der Waals surface area (Å²) in [6, 6.07) is 1.08. The van der Waals surface area contributed by atoms with E-state index >= 15 is 0 Å². The Bertz CT molecular complexity index is 1150. The number of piperazine rings is 1. The Balaban J connectivity index is 1.69. The molecule has 0 bridgehead atoms. The number of carbonyl (C=O) groups is 1. The van der Waals surface area contributed by atoms with E-state index in [4.69, 9.17) is 5.73 Å². The summed E-state index contributed by atoms with van der Waals surface area (Å²) >= 11 is 0. The molecule has 4 rings (SSSR count). The summed E-state index contributed by atoms with van der Waals surface area (Å²) in [5.74, 6) is -4.43. The Kier molecular flexibility index (Phi) is 5.60. The molecule has 1 fully saturated rings. The van der Waals surface area contributed by atoms with Crippen LogP contribution in [0, 0.1) is 17.5 Å². The van der Waals surface area contributed by atoms with Gasteiger partial charge in [-0.25, -0.2) is 31.6 Å². The number of amides is 1. The number of hydrogen-bond acceptors (Lipinski definition) is 7. The topological polar surface area (TPSA) is 109 Å². The first kappa shape index (κ1) is 21.5. The summed E-state index contributed by atoms with van der Waals surface area (Å²) in [5.41, 5.74) is 5.53. The maximum atomic E-state index is 14.3. The predicted octanol–water partition coefficient (Wildman–Crippen LogP) is 0.987. The average Bonchev–Trinajstić information content (AvgIpc) is 3.02. The number of nitrogens with two attached hydrogens (primary N) is 1. The number of sulfone groups is 1. The number of benzene rings is 1. The molecule has 0 unspecified atom stereocenters. The molecule has 166 valence electrons. The largest absolute Gasteiger partial charge is 0.370 e. The molecule has 12 heteroatoms. The van der Waals surface area contributed by atoms with Crippen LogP contribution in [0.25, 0.3) is 11.4 Å². The first-order valence-corrected chi connectivity index (χ1v) is 11.5. The summed E-state index contributed by atoms with van der Waals surface area (Å²) in [6.07, 6.45) is 0.237. The standard InChI is InChI=1S/C19H20F3N5O3S/c20-13-8-15(22)14(21)7-11(13)18-24-16-10-31(29,30)9-12(16)19(25-18)27-5-3-26(4-6-27)2-1-17(23)28/h7-8H,1-6,9-10H2,(H2,23,28). The molecular formula is C19H20F3N5O3S. The second-order valence-electron chi connectivity index (χ2n) is 7.62. The van der Waals surface area contributed by atoms with Gasteiger partial charge in [0.2, 0.25) is 5.91 Å². The highest BCUT2D eigenvalue weighted by molar-refractivity contribution is 7.90. The lowest BCUT2D eigenvalue weighted by atomic mass is 10.1. The molecule has 8 nitrogen and oxygen atoms in total. The lowest BCUT2D eigenvalue weighted by molar-refractivity contribution is -0.118. The minimum Gasteiger partial charge on any atom is -0.370 e. The number of nitrogens with zero attached hydrogens (tertiary/aromatic N) is 4. The van der Waals surface area contributed by atoms with Crippen LogP contribution in [0.15, 0.2) is 12.1 Å². The van der Waals surface area contributed by atoms with E-state index in [1.165, 1.54) is 0 Å². The zero-order valence-electron chi connectivity index (χ0n) is 16.4. The van der Waals surface area contributed by atoms with Gasteiger partial charge in [-0.3, -0.25) is 9.69 Å². The lowest BCUT2D eigenvalue weighted by Gasteiger charge is -2.36. The van der Waals surface area contributed by atoms with Crippen LogP contribution in [-0.2, 0) is 26.1 Å². The number of anilines is 1. The van der Waals surface area contributed by atoms with Crippen molar-refractivity contribution in [1.82, 2.24) is 14.9 Å². The number of hydrogen-bond donors (Lipinski definition) is 1. The van der Waals surface area contributed by atoms with Gasteiger partial charge < -0.3 is 10.6 Å². The minimum atomic E-state index is -3.44. The van der Waals surface area contributed by atoms with Gasteiger partial charge in [-0.15, -0.1) is 0 Å². The minimum absolute atomic E-state index is 0.196. The Morgan fingerprint density at radius 1 is 1.00 bits per heavy atom. The molecule has 0 aliphatic carbocycles. The maximum Gasteiger partial charge on any atom is 0.218 e. The summed E-state index contributed by atoms with van der Waals surface area (Å²) in [7, 11) is -3.44. The van der Waals surface area contributed by atoms with Gasteiger partial charge in [-0.05, 0) is 6.07 Å². The third-order valence-electron chi connectivity index (χ3n) is 5.39. The van der Waals surface area contributed by atoms with Gasteiger partial charge in [0.05, 0.1) is 22.8 Å². The predicted molar refractivity (Wildman–Crippen MR) is 106 cm³/mol. The molecule has 0 spiro atoms. The number of fused-ring (bicyclic) bond motifs is 1. The van der Waals surface area contributed by atoms with Gasteiger partial charge in [-0.1, -0.05) is 0 Å². The van der Waals surface area contributed by atoms with Crippen molar-refractivity contribution in [3.05, 3.63) is 40.8 Å². The first-order valence-electron chi connectivity index (χ1n) is 9.63. The van der Waals surface area contributed by atoms with Crippen LogP contribution < -0.4 is 10.6 Å². The fraction of sp³-hybridized carbons (Fsp3) is 0.421. The normalized spacial score (nSPS) is 18.2. The summed E-state index contributed by atoms with van der Waals surface area (Å²) < 4.78 is 65.8. The van der Waals surface area contributed by atoms with Gasteiger partial charge >= 0.3 is 0 Å². The smallest absolute Gasteiger partial charge is 0.218 e. The van der Waals surface area contributed by atoms with Gasteiger partial charge in [0.25, 0.3) is 0 Å². The third kappa shape index (κ3) is 4.49. The zero-order valence-corrected chi connectivity index (χ0v) is 17.3. The second-order valence-corrected chi connectivity index (χ2v) is 9.68. The first-order chi connectivity index (χ1) is 14.6. The molecule has 0 radical (unpaired) electrons. The average molecular weight is 455 g/mol. The van der Waals surface area contributed by atoms with E-state index in [0.717, 1.165) is 0 Å². The monoisotopic (exact) mass is 455 g/mol. The van der Waals surface area contributed by atoms with Crippen molar-refractivity contribution in [2.75, 3.05) is 37.6 Å². The van der Waals surface area contributed by atoms with E-state index in [0.29, 0.717) is 56.2 Å². The molecule has 2 aromatic rings. The van der Waals surface area contributed by atoms with Gasteiger partial charge in [0.1, 0.15) is 11.6 Å². The van der Waals surface area contributed by atoms with Gasteiger partial charge in [-0.2, -0.15) is 0 Å². The van der Waals surface area contributed by atoms with E-state index in [1.807, 2.05) is 4.90 Å². The van der Waals surface area contributed by atoms with Crippen LogP contribution in [0.4, 0.5) is 19.0 Å². The molecule has 1 amide bonds. The Morgan fingerprint density at radius 2 is 1.68 bits per heavy atom. The van der Waals surface area contributed by atoms with Crippen molar-refractivity contribution >= 4 is 21.6 Å². The highest BCUT2D eigenvalue weighted by Crippen LogP contribution is 2.34. The van der Waals surface area contributed by atoms with Crippen molar-refractivity contribution in [2.45, 2.75) is 17.9 Å². The molecule has 2 N–H and O–H groups in total. The number of primary amides is 1. The molecule has 0 saturated carbocycles. The van der Waals surface area contributed by atoms with Gasteiger partial charge in [0, 0.05) is 50.8 Å². The maximum absolute atomic E-state index is 14.3. The van der Waals surface area contributed by atoms with E-state index < -0.39 is 27.3 Å². The highest BCUT2D eigenvalue weighted by Gasteiger charge is 2.33. The van der Waals surface area contributed by atoms with Crippen molar-refractivity contribution in [1.29, 1.82) is 0 Å². The quantitative estimate of drug-likeness (QED) is 0.670. The molecule has 3 heterocycles. The van der Waals surface area contributed by atoms with Crippen LogP contribution >= 0.6 is 0 Å². The van der Waals surface area contributed by atoms with Gasteiger partial charge in [0.15, 0.2) is 27.3 Å². The molecule has 1 aromatic heterocycles. The van der Waals surface area contributed by atoms with Crippen LogP contribution in [0.5, 0.6) is 0 Å². The molecular weight excluding hydrogens is 435 g/mol. The number of rotatable bonds is 5. The summed E-state index contributed by atoms with van der Waals surface area (Å²) in [6.45, 7) is 2.68. The number of aromatic nitrogens is 2. The van der Waals surface area contributed by atoms with Crippen LogP contribution in [0.1, 0.15) is 17.7 Å². The number of carbonyl (C=O) groups excluding carboxylic acids is 1. The highest BCUT2D eigenvalue weighted by atomic mass is 32.2. The van der Waals surface area contributed by atoms with Crippen LogP contribution in [-0.4, -0.2) is 61.9 Å². The fourth-order valence-corrected chi connectivity index (χ4v) is 5.28. The molecule has 1 saturated heterocycles. The van der Waals surface area contributed by atoms with E-state index in [-0.39, 0.29) is 40.9 Å². The van der Waals surface area contributed by atoms with Crippen molar-refractivity contribution in [2.24, 2.45) is 5.73 Å². The Hall–Kier alpha value is -2.73. The molecule has 2 aliphatic rings. The molecule has 0 atom stereocenters. The molecule has 2 aliphatic heterocycles. The van der Waals surface area contributed by atoms with E-state index in [9.17, 15) is 26.4 Å². The number of halogens is 3. The Labute approximate surface area is 176 Å². The molecule has 31 heavy (non-hydrogen) atoms. The van der Waals surface area contributed by atoms with Crippen molar-refractivity contribution in [3.8, 4) is 11.4 Å². The second kappa shape index (κ2) is 8.08. The summed E-state index contributed by atoms with van der Waals surface area (Å²) in [5, 5.41) is 0. The fourth-order valence-electron chi connectivity index (χ4n) is 3.79. The lowest BCUT2D eigenvalue weighted by Crippen LogP contribution is -2.47. The zero-order chi connectivity index (χ0) is 22.3. The molecule has 1 aromatic carbocycles. The van der Waals surface area contributed by atoms with Crippen molar-refractivity contribution < 1.29 is 26.4 Å². The Morgan fingerprint density at radius 3 is 2.35 bits per heavy atom.